The first-order chi connectivity index (χ1) is 16.6. The fourth-order valence-electron chi connectivity index (χ4n) is 4.79. The van der Waals surface area contributed by atoms with Crippen molar-refractivity contribution in [2.24, 2.45) is 17.8 Å². The Balaban J connectivity index is 0.000000287. The van der Waals surface area contributed by atoms with E-state index < -0.39 is 0 Å². The number of methoxy groups -OCH3 is 1. The van der Waals surface area contributed by atoms with Gasteiger partial charge in [-0.3, -0.25) is 14.6 Å². The van der Waals surface area contributed by atoms with Crippen molar-refractivity contribution in [1.82, 2.24) is 4.98 Å². The lowest BCUT2D eigenvalue weighted by atomic mass is 9.88. The highest BCUT2D eigenvalue weighted by molar-refractivity contribution is 6.11. The van der Waals surface area contributed by atoms with Crippen molar-refractivity contribution in [1.29, 1.82) is 0 Å². The molecule has 5 nitrogen and oxygen atoms in total. The number of nitrogens with zero attached hydrogens (tertiary/aromatic N) is 1. The highest BCUT2D eigenvalue weighted by Crippen LogP contribution is 2.42. The number of nitrogens with one attached hydrogen (secondary N) is 1. The molecule has 1 saturated carbocycles. The van der Waals surface area contributed by atoms with Crippen LogP contribution >= 0.6 is 0 Å². The number of carbonyl (C=O) groups excluding carboxylic acids is 2. The van der Waals surface area contributed by atoms with Crippen LogP contribution in [0.2, 0.25) is 0 Å². The van der Waals surface area contributed by atoms with E-state index >= 15 is 0 Å². The normalized spacial score (nSPS) is 15.8. The van der Waals surface area contributed by atoms with Gasteiger partial charge in [-0.1, -0.05) is 39.8 Å². The van der Waals surface area contributed by atoms with Crippen molar-refractivity contribution in [3.8, 4) is 0 Å². The van der Waals surface area contributed by atoms with Crippen molar-refractivity contribution in [2.45, 2.75) is 85.7 Å². The number of pyridine rings is 1. The predicted octanol–water partition coefficient (Wildman–Crippen LogP) is 6.68. The van der Waals surface area contributed by atoms with Crippen LogP contribution in [0.5, 0.6) is 0 Å². The van der Waals surface area contributed by atoms with E-state index in [4.69, 9.17) is 4.74 Å². The molecule has 1 heterocycles. The quantitative estimate of drug-likeness (QED) is 0.430. The molecule has 35 heavy (non-hydrogen) atoms. The molecule has 190 valence electrons. The second-order valence-corrected chi connectivity index (χ2v) is 10.7. The number of fused-ring (bicyclic) bond motifs is 1. The van der Waals surface area contributed by atoms with Crippen molar-refractivity contribution in [3.63, 3.8) is 0 Å². The van der Waals surface area contributed by atoms with Gasteiger partial charge < -0.3 is 10.1 Å². The lowest BCUT2D eigenvalue weighted by molar-refractivity contribution is -0.0291. The second kappa shape index (κ2) is 11.5. The number of hydrogen-bond acceptors (Lipinski definition) is 4. The molecule has 1 amide bonds. The Hall–Kier alpha value is -2.53. The van der Waals surface area contributed by atoms with Gasteiger partial charge in [0.1, 0.15) is 0 Å². The van der Waals surface area contributed by atoms with Gasteiger partial charge >= 0.3 is 0 Å². The van der Waals surface area contributed by atoms with E-state index in [1.54, 1.807) is 19.4 Å². The Kier molecular flexibility index (Phi) is 8.87. The van der Waals surface area contributed by atoms with Gasteiger partial charge in [0.15, 0.2) is 5.78 Å². The van der Waals surface area contributed by atoms with Crippen LogP contribution in [-0.4, -0.2) is 29.4 Å². The zero-order chi connectivity index (χ0) is 25.8. The van der Waals surface area contributed by atoms with Crippen molar-refractivity contribution in [2.75, 3.05) is 12.4 Å². The summed E-state index contributed by atoms with van der Waals surface area (Å²) in [6.45, 7) is 12.4. The second-order valence-electron chi connectivity index (χ2n) is 10.7. The standard InChI is InChI=1S/C21H24N2O2.C9H18O/c1-4-14-7-5-10-18(19(14)20(24)13(2)3)23-21(25)16-11-12-22-17-9-6-8-15(16)17;1-7(8-5-6-8)9(2,3)10-4/h5,7,10-13H,4,6,8-9H2,1-3H3,(H,23,25);7-8H,5-6H2,1-4H3. The molecule has 5 heteroatoms. The lowest BCUT2D eigenvalue weighted by Crippen LogP contribution is -2.32. The largest absolute Gasteiger partial charge is 0.379 e. The van der Waals surface area contributed by atoms with Crippen LogP contribution in [0.3, 0.4) is 0 Å². The molecule has 1 unspecified atom stereocenters. The summed E-state index contributed by atoms with van der Waals surface area (Å²) in [6.07, 6.45) is 8.12. The maximum Gasteiger partial charge on any atom is 0.256 e. The predicted molar refractivity (Wildman–Crippen MR) is 142 cm³/mol. The van der Waals surface area contributed by atoms with Gasteiger partial charge in [-0.2, -0.15) is 0 Å². The number of ketones is 1. The average molecular weight is 479 g/mol. The summed E-state index contributed by atoms with van der Waals surface area (Å²) in [5.74, 6) is 1.44. The molecule has 4 rings (SSSR count). The summed E-state index contributed by atoms with van der Waals surface area (Å²) in [5, 5.41) is 2.98. The van der Waals surface area contributed by atoms with Gasteiger partial charge in [0.05, 0.1) is 11.3 Å². The average Bonchev–Trinajstić information content (AvgIpc) is 3.58. The third-order valence-corrected chi connectivity index (χ3v) is 7.73. The molecule has 0 aliphatic heterocycles. The summed E-state index contributed by atoms with van der Waals surface area (Å²) in [4.78, 5) is 29.9. The maximum atomic E-state index is 12.9. The fourth-order valence-corrected chi connectivity index (χ4v) is 4.79. The smallest absolute Gasteiger partial charge is 0.256 e. The maximum absolute atomic E-state index is 12.9. The van der Waals surface area contributed by atoms with Gasteiger partial charge in [-0.05, 0) is 87.5 Å². The van der Waals surface area contributed by atoms with E-state index in [9.17, 15) is 9.59 Å². The van der Waals surface area contributed by atoms with Crippen LogP contribution in [0, 0.1) is 17.8 Å². The van der Waals surface area contributed by atoms with E-state index in [2.05, 4.69) is 31.1 Å². The van der Waals surface area contributed by atoms with Crippen LogP contribution < -0.4 is 5.32 Å². The molecule has 1 aromatic heterocycles. The zero-order valence-electron chi connectivity index (χ0n) is 22.5. The zero-order valence-corrected chi connectivity index (χ0v) is 22.5. The molecular weight excluding hydrogens is 436 g/mol. The van der Waals surface area contributed by atoms with Gasteiger partial charge in [0.2, 0.25) is 0 Å². The summed E-state index contributed by atoms with van der Waals surface area (Å²) in [6, 6.07) is 7.43. The summed E-state index contributed by atoms with van der Waals surface area (Å²) in [7, 11) is 1.80. The highest BCUT2D eigenvalue weighted by atomic mass is 16.5. The molecule has 2 aliphatic rings. The molecule has 1 atom stereocenters. The van der Waals surface area contributed by atoms with Crippen molar-refractivity contribution in [3.05, 3.63) is 58.4 Å². The number of hydrogen-bond donors (Lipinski definition) is 1. The van der Waals surface area contributed by atoms with Crippen LogP contribution in [0.25, 0.3) is 0 Å². The van der Waals surface area contributed by atoms with Crippen LogP contribution in [0.1, 0.15) is 98.3 Å². The Bertz CT molecular complexity index is 1050. The minimum Gasteiger partial charge on any atom is -0.379 e. The Morgan fingerprint density at radius 2 is 1.86 bits per heavy atom. The third kappa shape index (κ3) is 6.38. The Labute approximate surface area is 211 Å². The molecule has 1 N–H and O–H groups in total. The Morgan fingerprint density at radius 1 is 1.14 bits per heavy atom. The molecule has 2 aliphatic carbocycles. The van der Waals surface area contributed by atoms with Crippen LogP contribution in [0.15, 0.2) is 30.5 Å². The van der Waals surface area contributed by atoms with Gasteiger partial charge in [0, 0.05) is 36.0 Å². The first-order valence-electron chi connectivity index (χ1n) is 13.1. The fraction of sp³-hybridized carbons (Fsp3) is 0.567. The number of ether oxygens (including phenoxy) is 1. The Morgan fingerprint density at radius 3 is 2.46 bits per heavy atom. The van der Waals surface area contributed by atoms with E-state index in [1.165, 1.54) is 12.8 Å². The summed E-state index contributed by atoms with van der Waals surface area (Å²) < 4.78 is 5.40. The molecule has 0 saturated heterocycles. The SMILES string of the molecule is CCc1cccc(NC(=O)c2ccnc3c2CCC3)c1C(=O)C(C)C.COC(C)(C)C(C)C1CC1. The number of amides is 1. The van der Waals surface area contributed by atoms with Gasteiger partial charge in [-0.15, -0.1) is 0 Å². The topological polar surface area (TPSA) is 68.3 Å². The monoisotopic (exact) mass is 478 g/mol. The van der Waals surface area contributed by atoms with Gasteiger partial charge in [0.25, 0.3) is 5.91 Å². The van der Waals surface area contributed by atoms with Crippen LogP contribution in [0.4, 0.5) is 5.69 Å². The van der Waals surface area contributed by atoms with Crippen molar-refractivity contribution >= 4 is 17.4 Å². The summed E-state index contributed by atoms with van der Waals surface area (Å²) in [5.41, 5.74) is 5.03. The molecule has 0 bridgehead atoms. The summed E-state index contributed by atoms with van der Waals surface area (Å²) >= 11 is 0. The molecular formula is C30H42N2O3. The minimum absolute atomic E-state index is 0.0627. The number of aryl methyl sites for hydroxylation is 2. The first-order valence-corrected chi connectivity index (χ1v) is 13.1. The number of Topliss-reactive ketones (excluding diaryl/α,β-unsaturated/α-hetero) is 1. The van der Waals surface area contributed by atoms with E-state index in [1.807, 2.05) is 39.0 Å². The number of anilines is 1. The van der Waals surface area contributed by atoms with E-state index in [-0.39, 0.29) is 23.2 Å². The highest BCUT2D eigenvalue weighted by Gasteiger charge is 2.37. The van der Waals surface area contributed by atoms with Crippen molar-refractivity contribution < 1.29 is 14.3 Å². The van der Waals surface area contributed by atoms with Gasteiger partial charge in [-0.25, -0.2) is 0 Å². The lowest BCUT2D eigenvalue weighted by Gasteiger charge is -2.30. The molecule has 2 aromatic rings. The number of aromatic nitrogens is 1. The number of carbonyl (C=O) groups is 2. The molecule has 0 radical (unpaired) electrons. The number of benzene rings is 1. The third-order valence-electron chi connectivity index (χ3n) is 7.73. The van der Waals surface area contributed by atoms with Crippen LogP contribution in [-0.2, 0) is 24.0 Å². The minimum atomic E-state index is -0.161. The molecule has 1 aromatic carbocycles. The first kappa shape index (κ1) is 27.1. The van der Waals surface area contributed by atoms with E-state index in [0.29, 0.717) is 16.8 Å². The molecule has 0 spiro atoms. The number of rotatable bonds is 8. The molecule has 1 fully saturated rings. The van der Waals surface area contributed by atoms with E-state index in [0.717, 1.165) is 54.3 Å².